The molecule has 0 bridgehead atoms. The van der Waals surface area contributed by atoms with Crippen LogP contribution >= 0.6 is 0 Å². The molecule has 1 aromatic carbocycles. The second-order valence-electron chi connectivity index (χ2n) is 7.43. The minimum Gasteiger partial charge on any atom is -0.491 e. The van der Waals surface area contributed by atoms with Gasteiger partial charge in [-0.2, -0.15) is 4.98 Å². The Kier molecular flexibility index (Phi) is 8.29. The molecule has 0 aliphatic carbocycles. The van der Waals surface area contributed by atoms with Gasteiger partial charge in [0.05, 0.1) is 6.10 Å². The largest absolute Gasteiger partial charge is 0.491 e. The van der Waals surface area contributed by atoms with Crippen LogP contribution in [0.5, 0.6) is 5.75 Å². The SMILES string of the molecule is CN=C(NCCCc1nc(C(C)C)no1)NCc1ccc(C)cc1OC(C)C. The zero-order valence-corrected chi connectivity index (χ0v) is 17.9. The van der Waals surface area contributed by atoms with Gasteiger partial charge in [-0.1, -0.05) is 31.1 Å². The number of ether oxygens (including phenoxy) is 1. The number of aliphatic imine (C=N–C) groups is 1. The van der Waals surface area contributed by atoms with Crippen LogP contribution < -0.4 is 15.4 Å². The predicted octanol–water partition coefficient (Wildman–Crippen LogP) is 3.59. The Labute approximate surface area is 168 Å². The van der Waals surface area contributed by atoms with Crippen LogP contribution in [-0.2, 0) is 13.0 Å². The number of hydrogen-bond acceptors (Lipinski definition) is 5. The Morgan fingerprint density at radius 3 is 2.64 bits per heavy atom. The first-order chi connectivity index (χ1) is 13.4. The maximum atomic E-state index is 5.93. The lowest BCUT2D eigenvalue weighted by Gasteiger charge is -2.17. The Morgan fingerprint density at radius 2 is 2.00 bits per heavy atom. The lowest BCUT2D eigenvalue weighted by atomic mass is 10.1. The molecule has 1 heterocycles. The van der Waals surface area contributed by atoms with Crippen LogP contribution in [0.3, 0.4) is 0 Å². The van der Waals surface area contributed by atoms with Gasteiger partial charge in [0.15, 0.2) is 11.8 Å². The smallest absolute Gasteiger partial charge is 0.226 e. The van der Waals surface area contributed by atoms with E-state index in [4.69, 9.17) is 9.26 Å². The van der Waals surface area contributed by atoms with Crippen molar-refractivity contribution >= 4 is 5.96 Å². The van der Waals surface area contributed by atoms with E-state index in [-0.39, 0.29) is 12.0 Å². The van der Waals surface area contributed by atoms with Gasteiger partial charge >= 0.3 is 0 Å². The number of aryl methyl sites for hydroxylation is 2. The van der Waals surface area contributed by atoms with E-state index >= 15 is 0 Å². The Bertz CT molecular complexity index is 768. The number of aromatic nitrogens is 2. The molecule has 0 radical (unpaired) electrons. The lowest BCUT2D eigenvalue weighted by Crippen LogP contribution is -2.37. The first-order valence-corrected chi connectivity index (χ1v) is 9.92. The van der Waals surface area contributed by atoms with E-state index in [1.54, 1.807) is 7.05 Å². The number of nitrogens with zero attached hydrogens (tertiary/aromatic N) is 3. The second kappa shape index (κ2) is 10.7. The number of guanidine groups is 1. The third kappa shape index (κ3) is 6.87. The summed E-state index contributed by atoms with van der Waals surface area (Å²) in [5, 5.41) is 10.7. The highest BCUT2D eigenvalue weighted by Crippen LogP contribution is 2.21. The summed E-state index contributed by atoms with van der Waals surface area (Å²) in [6.07, 6.45) is 1.76. The summed E-state index contributed by atoms with van der Waals surface area (Å²) in [6, 6.07) is 6.26. The van der Waals surface area contributed by atoms with Gasteiger partial charge in [-0.3, -0.25) is 4.99 Å². The Hall–Kier alpha value is -2.57. The van der Waals surface area contributed by atoms with Gasteiger partial charge in [0.1, 0.15) is 5.75 Å². The molecule has 0 aliphatic rings. The predicted molar refractivity (Wildman–Crippen MR) is 112 cm³/mol. The number of rotatable bonds is 9. The third-order valence-electron chi connectivity index (χ3n) is 4.12. The number of nitrogens with one attached hydrogen (secondary N) is 2. The zero-order chi connectivity index (χ0) is 20.5. The van der Waals surface area contributed by atoms with Gasteiger partial charge < -0.3 is 19.9 Å². The van der Waals surface area contributed by atoms with Crippen molar-refractivity contribution in [1.82, 2.24) is 20.8 Å². The van der Waals surface area contributed by atoms with Gasteiger partial charge in [-0.05, 0) is 38.8 Å². The monoisotopic (exact) mass is 387 g/mol. The molecule has 0 spiro atoms. The molecule has 0 unspecified atom stereocenters. The Balaban J connectivity index is 1.80. The second-order valence-corrected chi connectivity index (χ2v) is 7.43. The summed E-state index contributed by atoms with van der Waals surface area (Å²) in [7, 11) is 1.77. The summed E-state index contributed by atoms with van der Waals surface area (Å²) >= 11 is 0. The summed E-state index contributed by atoms with van der Waals surface area (Å²) < 4.78 is 11.2. The molecular weight excluding hydrogens is 354 g/mol. The molecule has 7 nitrogen and oxygen atoms in total. The summed E-state index contributed by atoms with van der Waals surface area (Å²) in [5.74, 6) is 3.39. The quantitative estimate of drug-likeness (QED) is 0.389. The molecule has 0 saturated carbocycles. The highest BCUT2D eigenvalue weighted by Gasteiger charge is 2.10. The van der Waals surface area contributed by atoms with Crippen molar-refractivity contribution < 1.29 is 9.26 Å². The van der Waals surface area contributed by atoms with Crippen LogP contribution in [0, 0.1) is 6.92 Å². The molecule has 0 saturated heterocycles. The molecule has 0 atom stereocenters. The van der Waals surface area contributed by atoms with Gasteiger partial charge in [0.2, 0.25) is 5.89 Å². The summed E-state index contributed by atoms with van der Waals surface area (Å²) in [5.41, 5.74) is 2.29. The molecule has 154 valence electrons. The van der Waals surface area contributed by atoms with E-state index in [2.05, 4.69) is 64.7 Å². The average Bonchev–Trinajstić information content (AvgIpc) is 3.11. The van der Waals surface area contributed by atoms with Crippen LogP contribution in [0.1, 0.15) is 62.9 Å². The highest BCUT2D eigenvalue weighted by atomic mass is 16.5. The van der Waals surface area contributed by atoms with Crippen molar-refractivity contribution in [1.29, 1.82) is 0 Å². The average molecular weight is 388 g/mol. The third-order valence-corrected chi connectivity index (χ3v) is 4.12. The normalized spacial score (nSPS) is 11.9. The zero-order valence-electron chi connectivity index (χ0n) is 17.9. The topological polar surface area (TPSA) is 84.6 Å². The van der Waals surface area contributed by atoms with E-state index in [1.165, 1.54) is 5.56 Å². The molecular formula is C21H33N5O2. The fourth-order valence-electron chi connectivity index (χ4n) is 2.62. The van der Waals surface area contributed by atoms with Crippen LogP contribution in [0.4, 0.5) is 0 Å². The molecule has 7 heteroatoms. The number of hydrogen-bond donors (Lipinski definition) is 2. The highest BCUT2D eigenvalue weighted by molar-refractivity contribution is 5.79. The minimum atomic E-state index is 0.138. The molecule has 2 N–H and O–H groups in total. The van der Waals surface area contributed by atoms with E-state index in [0.717, 1.165) is 42.5 Å². The minimum absolute atomic E-state index is 0.138. The Morgan fingerprint density at radius 1 is 1.21 bits per heavy atom. The van der Waals surface area contributed by atoms with E-state index in [9.17, 15) is 0 Å². The van der Waals surface area contributed by atoms with E-state index < -0.39 is 0 Å². The maximum absolute atomic E-state index is 5.93. The van der Waals surface area contributed by atoms with Crippen molar-refractivity contribution in [2.75, 3.05) is 13.6 Å². The van der Waals surface area contributed by atoms with Crippen LogP contribution in [0.2, 0.25) is 0 Å². The van der Waals surface area contributed by atoms with Crippen LogP contribution in [0.15, 0.2) is 27.7 Å². The molecule has 0 fully saturated rings. The molecule has 2 rings (SSSR count). The molecule has 2 aromatic rings. The van der Waals surface area contributed by atoms with E-state index in [1.807, 2.05) is 13.8 Å². The van der Waals surface area contributed by atoms with Crippen molar-refractivity contribution in [2.45, 2.75) is 66.0 Å². The standard InChI is InChI=1S/C21H33N5O2/c1-14(2)20-25-19(28-26-20)8-7-11-23-21(22-6)24-13-17-10-9-16(5)12-18(17)27-15(3)4/h9-10,12,14-15H,7-8,11,13H2,1-6H3,(H2,22,23,24). The summed E-state index contributed by atoms with van der Waals surface area (Å²) in [4.78, 5) is 8.68. The van der Waals surface area contributed by atoms with Gasteiger partial charge in [-0.15, -0.1) is 0 Å². The van der Waals surface area contributed by atoms with Crippen molar-refractivity contribution in [3.8, 4) is 5.75 Å². The van der Waals surface area contributed by atoms with Crippen molar-refractivity contribution in [2.24, 2.45) is 4.99 Å². The fraction of sp³-hybridized carbons (Fsp3) is 0.571. The first kappa shape index (κ1) is 21.7. The first-order valence-electron chi connectivity index (χ1n) is 9.92. The molecule has 0 amide bonds. The molecule has 1 aromatic heterocycles. The van der Waals surface area contributed by atoms with Gasteiger partial charge in [0.25, 0.3) is 0 Å². The lowest BCUT2D eigenvalue weighted by molar-refractivity contribution is 0.239. The van der Waals surface area contributed by atoms with Crippen molar-refractivity contribution in [3.63, 3.8) is 0 Å². The van der Waals surface area contributed by atoms with Crippen LogP contribution in [0.25, 0.3) is 0 Å². The van der Waals surface area contributed by atoms with Crippen molar-refractivity contribution in [3.05, 3.63) is 41.0 Å². The molecule has 28 heavy (non-hydrogen) atoms. The summed E-state index contributed by atoms with van der Waals surface area (Å²) in [6.45, 7) is 11.7. The van der Waals surface area contributed by atoms with Crippen LogP contribution in [-0.4, -0.2) is 35.8 Å². The fourth-order valence-corrected chi connectivity index (χ4v) is 2.62. The van der Waals surface area contributed by atoms with Gasteiger partial charge in [0, 0.05) is 38.0 Å². The molecule has 0 aliphatic heterocycles. The maximum Gasteiger partial charge on any atom is 0.226 e. The van der Waals surface area contributed by atoms with E-state index in [0.29, 0.717) is 12.4 Å². The van der Waals surface area contributed by atoms with Gasteiger partial charge in [-0.25, -0.2) is 0 Å². The number of benzene rings is 1.